The molecule has 3 rings (SSSR count). The zero-order valence-electron chi connectivity index (χ0n) is 20.6. The quantitative estimate of drug-likeness (QED) is 0.398. The first-order chi connectivity index (χ1) is 18.2. The molecule has 0 saturated heterocycles. The third-order valence-corrected chi connectivity index (χ3v) is 7.45. The van der Waals surface area contributed by atoms with E-state index in [0.29, 0.717) is 30.3 Å². The molecule has 1 unspecified atom stereocenters. The first kappa shape index (κ1) is 30.8. The van der Waals surface area contributed by atoms with Crippen LogP contribution in [-0.4, -0.2) is 50.0 Å². The van der Waals surface area contributed by atoms with Crippen molar-refractivity contribution in [1.82, 2.24) is 0 Å². The molecule has 9 nitrogen and oxygen atoms in total. The zero-order chi connectivity index (χ0) is 30.3. The molecule has 220 valence electrons. The maximum absolute atomic E-state index is 13.8. The number of carboxylic acids is 1. The second-order valence-electron chi connectivity index (χ2n) is 9.05. The van der Waals surface area contributed by atoms with E-state index in [1.807, 2.05) is 5.32 Å². The summed E-state index contributed by atoms with van der Waals surface area (Å²) >= 11 is 0. The molecule has 1 aliphatic heterocycles. The molecule has 0 bridgehead atoms. The summed E-state index contributed by atoms with van der Waals surface area (Å²) in [5.41, 5.74) is -5.36. The number of hydrogen-bond acceptors (Lipinski definition) is 6. The summed E-state index contributed by atoms with van der Waals surface area (Å²) in [6, 6.07) is 4.18. The van der Waals surface area contributed by atoms with Crippen molar-refractivity contribution in [2.24, 2.45) is 0 Å². The van der Waals surface area contributed by atoms with Gasteiger partial charge in [0.05, 0.1) is 22.7 Å². The Morgan fingerprint density at radius 2 is 1.75 bits per heavy atom. The van der Waals surface area contributed by atoms with E-state index in [4.69, 9.17) is 9.84 Å². The number of sulfonamides is 1. The van der Waals surface area contributed by atoms with Crippen molar-refractivity contribution in [2.45, 2.75) is 55.6 Å². The minimum atomic E-state index is -5.23. The number of halogens is 7. The van der Waals surface area contributed by atoms with E-state index < -0.39 is 75.4 Å². The van der Waals surface area contributed by atoms with Crippen LogP contribution >= 0.6 is 0 Å². The van der Waals surface area contributed by atoms with Gasteiger partial charge in [-0.15, -0.1) is 0 Å². The van der Waals surface area contributed by atoms with Crippen LogP contribution in [0, 0.1) is 5.82 Å². The molecule has 0 spiro atoms. The molecular weight excluding hydrogens is 581 g/mol. The number of carbonyl (C=O) groups is 2. The number of nitrogens with zero attached hydrogens (tertiary/aromatic N) is 1. The van der Waals surface area contributed by atoms with Crippen LogP contribution in [-0.2, 0) is 25.7 Å². The van der Waals surface area contributed by atoms with Crippen molar-refractivity contribution in [3.63, 3.8) is 0 Å². The highest BCUT2D eigenvalue weighted by atomic mass is 32.2. The highest BCUT2D eigenvalue weighted by Gasteiger charge is 2.51. The summed E-state index contributed by atoms with van der Waals surface area (Å²) < 4.78 is 130. The minimum Gasteiger partial charge on any atom is -0.486 e. The fourth-order valence-corrected chi connectivity index (χ4v) is 5.02. The van der Waals surface area contributed by atoms with E-state index in [1.54, 1.807) is 0 Å². The smallest absolute Gasteiger partial charge is 0.427 e. The van der Waals surface area contributed by atoms with Gasteiger partial charge < -0.3 is 14.6 Å². The molecule has 2 aromatic rings. The molecule has 0 aliphatic carbocycles. The first-order valence-corrected chi connectivity index (χ1v) is 12.6. The number of rotatable bonds is 7. The van der Waals surface area contributed by atoms with E-state index in [0.717, 1.165) is 18.2 Å². The number of nitrogens with one attached hydrogen (secondary N) is 1. The van der Waals surface area contributed by atoms with Crippen LogP contribution in [0.2, 0.25) is 0 Å². The monoisotopic (exact) mass is 602 g/mol. The van der Waals surface area contributed by atoms with E-state index in [1.165, 1.54) is 0 Å². The molecule has 17 heteroatoms. The molecule has 1 atom stereocenters. The van der Waals surface area contributed by atoms with Crippen LogP contribution in [0.3, 0.4) is 0 Å². The van der Waals surface area contributed by atoms with Gasteiger partial charge in [0.25, 0.3) is 10.0 Å². The van der Waals surface area contributed by atoms with Crippen molar-refractivity contribution >= 4 is 33.5 Å². The number of hydrogen-bond donors (Lipinski definition) is 2. The topological polar surface area (TPSA) is 122 Å². The summed E-state index contributed by atoms with van der Waals surface area (Å²) in [6.07, 6.45) is -13.5. The van der Waals surface area contributed by atoms with E-state index in [-0.39, 0.29) is 29.6 Å². The van der Waals surface area contributed by atoms with Crippen LogP contribution < -0.4 is 14.4 Å². The van der Waals surface area contributed by atoms with Gasteiger partial charge in [0.1, 0.15) is 17.7 Å². The SMILES string of the molecule is CC(C)(OC(=O)Nc1ccc2c(c1)N(S(=O)(=O)c1ccc(F)c(C(F)(F)F)c1)CC(CCC(=O)O)O2)C(F)(F)F. The first-order valence-electron chi connectivity index (χ1n) is 11.2. The molecule has 0 radical (unpaired) electrons. The second kappa shape index (κ2) is 10.7. The lowest BCUT2D eigenvalue weighted by Crippen LogP contribution is -2.44. The Hall–Kier alpha value is -3.76. The Kier molecular flexibility index (Phi) is 8.21. The van der Waals surface area contributed by atoms with Crippen molar-refractivity contribution < 1.29 is 63.3 Å². The predicted molar refractivity (Wildman–Crippen MR) is 124 cm³/mol. The summed E-state index contributed by atoms with van der Waals surface area (Å²) in [4.78, 5) is 22.2. The summed E-state index contributed by atoms with van der Waals surface area (Å²) in [7, 11) is -4.89. The number of alkyl halides is 6. The lowest BCUT2D eigenvalue weighted by atomic mass is 10.1. The van der Waals surface area contributed by atoms with Crippen molar-refractivity contribution in [1.29, 1.82) is 0 Å². The van der Waals surface area contributed by atoms with Crippen molar-refractivity contribution in [3.05, 3.63) is 47.8 Å². The molecule has 40 heavy (non-hydrogen) atoms. The van der Waals surface area contributed by atoms with Crippen LogP contribution in [0.5, 0.6) is 5.75 Å². The fraction of sp³-hybridized carbons (Fsp3) is 0.391. The molecule has 0 aromatic heterocycles. The predicted octanol–water partition coefficient (Wildman–Crippen LogP) is 5.56. The molecular formula is C23H21F7N2O7S. The number of carboxylic acid groups (broad SMARTS) is 1. The van der Waals surface area contributed by atoms with Crippen molar-refractivity contribution in [3.8, 4) is 5.75 Å². The number of fused-ring (bicyclic) bond motifs is 1. The Balaban J connectivity index is 2.03. The zero-order valence-corrected chi connectivity index (χ0v) is 21.4. The maximum Gasteiger partial charge on any atom is 0.427 e. The lowest BCUT2D eigenvalue weighted by Gasteiger charge is -2.36. The summed E-state index contributed by atoms with van der Waals surface area (Å²) in [5.74, 6) is -3.16. The van der Waals surface area contributed by atoms with Gasteiger partial charge in [-0.2, -0.15) is 26.3 Å². The highest BCUT2D eigenvalue weighted by molar-refractivity contribution is 7.92. The van der Waals surface area contributed by atoms with Gasteiger partial charge in [-0.1, -0.05) is 0 Å². The molecule has 1 amide bonds. The van der Waals surface area contributed by atoms with E-state index in [9.17, 15) is 48.7 Å². The van der Waals surface area contributed by atoms with Crippen LogP contribution in [0.25, 0.3) is 0 Å². The van der Waals surface area contributed by atoms with Gasteiger partial charge >= 0.3 is 24.4 Å². The number of amides is 1. The van der Waals surface area contributed by atoms with Crippen LogP contribution in [0.1, 0.15) is 32.3 Å². The Labute approximate surface area is 222 Å². The van der Waals surface area contributed by atoms with Gasteiger partial charge in [0, 0.05) is 12.1 Å². The standard InChI is InChI=1S/C23H21F7N2O7S/c1-21(2,23(28,29)30)39-20(35)31-12-3-7-18-17(9-12)32(11-13(38-18)4-8-19(33)34)40(36,37)14-5-6-16(24)15(10-14)22(25,26)27/h3,5-7,9-10,13H,4,8,11H2,1-2H3,(H,31,35)(H,33,34). The molecule has 0 saturated carbocycles. The van der Waals surface area contributed by atoms with E-state index >= 15 is 0 Å². The average molecular weight is 602 g/mol. The number of aliphatic carboxylic acids is 1. The Morgan fingerprint density at radius 3 is 2.33 bits per heavy atom. The molecule has 1 heterocycles. The number of benzene rings is 2. The molecule has 1 aliphatic rings. The number of carbonyl (C=O) groups excluding carboxylic acids is 1. The minimum absolute atomic E-state index is 0.0880. The largest absolute Gasteiger partial charge is 0.486 e. The normalized spacial score (nSPS) is 16.1. The average Bonchev–Trinajstić information content (AvgIpc) is 2.80. The van der Waals surface area contributed by atoms with Gasteiger partial charge in [-0.05, 0) is 56.7 Å². The summed E-state index contributed by atoms with van der Waals surface area (Å²) in [6.45, 7) is 0.587. The number of anilines is 2. The lowest BCUT2D eigenvalue weighted by molar-refractivity contribution is -0.242. The molecule has 2 N–H and O–H groups in total. The Morgan fingerprint density at radius 1 is 1.10 bits per heavy atom. The summed E-state index contributed by atoms with van der Waals surface area (Å²) in [5, 5.41) is 11.0. The second-order valence-corrected chi connectivity index (χ2v) is 10.9. The van der Waals surface area contributed by atoms with Gasteiger partial charge in [-0.25, -0.2) is 17.6 Å². The molecule has 0 fully saturated rings. The number of ether oxygens (including phenoxy) is 2. The van der Waals surface area contributed by atoms with Gasteiger partial charge in [-0.3, -0.25) is 14.4 Å². The third-order valence-electron chi connectivity index (χ3n) is 5.68. The van der Waals surface area contributed by atoms with E-state index in [2.05, 4.69) is 4.74 Å². The Bertz CT molecular complexity index is 1410. The van der Waals surface area contributed by atoms with Gasteiger partial charge in [0.2, 0.25) is 5.60 Å². The van der Waals surface area contributed by atoms with Gasteiger partial charge in [0.15, 0.2) is 0 Å². The maximum atomic E-state index is 13.8. The fourth-order valence-electron chi connectivity index (χ4n) is 3.49. The molecule has 2 aromatic carbocycles. The van der Waals surface area contributed by atoms with Crippen LogP contribution in [0.4, 0.5) is 46.9 Å². The van der Waals surface area contributed by atoms with Crippen molar-refractivity contribution in [2.75, 3.05) is 16.2 Å². The third kappa shape index (κ3) is 6.68. The van der Waals surface area contributed by atoms with Crippen LogP contribution in [0.15, 0.2) is 41.3 Å². The highest BCUT2D eigenvalue weighted by Crippen LogP contribution is 2.41.